The Hall–Kier alpha value is -9.26. The number of fused-ring (bicyclic) bond motifs is 6. The summed E-state index contributed by atoms with van der Waals surface area (Å²) in [6.45, 7) is 0. The molecule has 274 valence electrons. The summed E-state index contributed by atoms with van der Waals surface area (Å²) in [5.74, 6) is 0. The fraction of sp³-hybridized carbons (Fsp3) is 0. The van der Waals surface area contributed by atoms with E-state index in [4.69, 9.17) is 0 Å². The molecule has 0 fully saturated rings. The van der Waals surface area contributed by atoms with E-state index in [-0.39, 0.29) is 0 Å². The molecule has 60 heavy (non-hydrogen) atoms. The highest BCUT2D eigenvalue weighted by molar-refractivity contribution is 6.12. The van der Waals surface area contributed by atoms with Gasteiger partial charge in [-0.1, -0.05) is 66.7 Å². The van der Waals surface area contributed by atoms with Crippen molar-refractivity contribution in [3.63, 3.8) is 0 Å². The molecule has 7 aromatic carbocycles. The van der Waals surface area contributed by atoms with E-state index in [0.717, 1.165) is 77.0 Å². The van der Waals surface area contributed by atoms with Gasteiger partial charge in [-0.05, 0) is 107 Å². The van der Waals surface area contributed by atoms with Gasteiger partial charge in [0.1, 0.15) is 11.6 Å². The number of nitrogens with zero attached hydrogens (tertiary/aromatic N) is 8. The van der Waals surface area contributed by atoms with Gasteiger partial charge in [0.15, 0.2) is 0 Å². The average Bonchev–Trinajstić information content (AvgIpc) is 3.82. The van der Waals surface area contributed by atoms with Crippen LogP contribution in [0.4, 0.5) is 0 Å². The van der Waals surface area contributed by atoms with Gasteiger partial charge in [-0.3, -0.25) is 4.98 Å². The molecule has 0 aliphatic heterocycles. The summed E-state index contributed by atoms with van der Waals surface area (Å²) in [4.78, 5) is 4.46. The first-order chi connectivity index (χ1) is 29.5. The van der Waals surface area contributed by atoms with Gasteiger partial charge in [-0.15, -0.1) is 0 Å². The molecule has 0 aliphatic rings. The van der Waals surface area contributed by atoms with Crippen LogP contribution in [0.25, 0.3) is 88.4 Å². The van der Waals surface area contributed by atoms with Crippen molar-refractivity contribution in [1.29, 1.82) is 26.3 Å². The summed E-state index contributed by atoms with van der Waals surface area (Å²) in [6, 6.07) is 58.1. The third kappa shape index (κ3) is 5.45. The van der Waals surface area contributed by atoms with Gasteiger partial charge in [-0.25, -0.2) is 0 Å². The monoisotopic (exact) mass is 762 g/mol. The molecular formula is C52H26N8. The highest BCUT2D eigenvalue weighted by Gasteiger charge is 2.23. The SMILES string of the molecule is N#Cc1ccc(-c2ccc3c(c2)c2ccccc2n3-c2cc(-c3cccnc3)cc(-n3c4ccccc4c4cc(-c5ccc(C#N)cc5C#N)ccc43)c2C#N)c(C#N)c1. The van der Waals surface area contributed by atoms with Crippen LogP contribution >= 0.6 is 0 Å². The lowest BCUT2D eigenvalue weighted by atomic mass is 9.97. The van der Waals surface area contributed by atoms with E-state index in [1.165, 1.54) is 0 Å². The predicted octanol–water partition coefficient (Wildman–Crippen LogP) is 11.6. The summed E-state index contributed by atoms with van der Waals surface area (Å²) >= 11 is 0. The Morgan fingerprint density at radius 1 is 0.383 bits per heavy atom. The maximum atomic E-state index is 11.3. The first-order valence-electron chi connectivity index (χ1n) is 19.0. The van der Waals surface area contributed by atoms with E-state index in [1.807, 2.05) is 91.1 Å². The highest BCUT2D eigenvalue weighted by Crippen LogP contribution is 2.42. The van der Waals surface area contributed by atoms with Crippen molar-refractivity contribution in [2.75, 3.05) is 0 Å². The Bertz CT molecular complexity index is 3450. The minimum Gasteiger partial charge on any atom is -0.308 e. The standard InChI is InChI=1S/C52H26N8/c53-26-32-11-15-40(38(20-32)28-55)34-13-17-49-44(22-34)42-7-1-3-9-47(42)59(49)51-24-37(36-6-5-19-58-31-36)25-52(46(51)30-57)60-48-10-4-2-8-43(48)45-23-35(14-18-50(45)60)41-16-12-33(27-54)21-39(41)29-56/h1-25,31H. The zero-order valence-corrected chi connectivity index (χ0v) is 31.6. The van der Waals surface area contributed by atoms with Crippen LogP contribution in [-0.2, 0) is 0 Å². The molecule has 10 rings (SSSR count). The molecule has 0 unspecified atom stereocenters. The van der Waals surface area contributed by atoms with Crippen LogP contribution in [0, 0.1) is 56.7 Å². The molecule has 0 aliphatic carbocycles. The molecule has 8 heteroatoms. The topological polar surface area (TPSA) is 142 Å². The van der Waals surface area contributed by atoms with Crippen molar-refractivity contribution in [3.05, 3.63) is 186 Å². The van der Waals surface area contributed by atoms with Gasteiger partial charge >= 0.3 is 0 Å². The van der Waals surface area contributed by atoms with E-state index in [1.54, 1.807) is 30.5 Å². The summed E-state index contributed by atoms with van der Waals surface area (Å²) in [5.41, 5.74) is 11.9. The number of nitriles is 5. The Balaban J connectivity index is 1.27. The summed E-state index contributed by atoms with van der Waals surface area (Å²) in [6.07, 6.45) is 3.56. The summed E-state index contributed by atoms with van der Waals surface area (Å²) < 4.78 is 4.28. The quantitative estimate of drug-likeness (QED) is 0.171. The second kappa shape index (κ2) is 14.0. The van der Waals surface area contributed by atoms with E-state index in [2.05, 4.69) is 80.9 Å². The lowest BCUT2D eigenvalue weighted by molar-refractivity contribution is 1.12. The maximum Gasteiger partial charge on any atom is 0.104 e. The molecule has 0 N–H and O–H groups in total. The number of pyridine rings is 1. The minimum atomic E-state index is 0.415. The molecule has 10 aromatic rings. The zero-order chi connectivity index (χ0) is 40.9. The molecule has 0 atom stereocenters. The van der Waals surface area contributed by atoms with Crippen LogP contribution < -0.4 is 0 Å². The predicted molar refractivity (Wildman–Crippen MR) is 233 cm³/mol. The summed E-state index contributed by atoms with van der Waals surface area (Å²) in [7, 11) is 0. The smallest absolute Gasteiger partial charge is 0.104 e. The van der Waals surface area contributed by atoms with Crippen LogP contribution in [0.5, 0.6) is 0 Å². The second-order valence-corrected chi connectivity index (χ2v) is 14.4. The van der Waals surface area contributed by atoms with Crippen molar-refractivity contribution in [2.24, 2.45) is 0 Å². The molecule has 0 spiro atoms. The lowest BCUT2D eigenvalue weighted by Gasteiger charge is -2.18. The van der Waals surface area contributed by atoms with Crippen LogP contribution in [0.15, 0.2) is 158 Å². The van der Waals surface area contributed by atoms with Crippen molar-refractivity contribution >= 4 is 43.6 Å². The van der Waals surface area contributed by atoms with E-state index >= 15 is 0 Å². The highest BCUT2D eigenvalue weighted by atomic mass is 15.0. The fourth-order valence-electron chi connectivity index (χ4n) is 8.50. The number of rotatable bonds is 5. The number of benzene rings is 7. The van der Waals surface area contributed by atoms with Crippen molar-refractivity contribution in [1.82, 2.24) is 14.1 Å². The van der Waals surface area contributed by atoms with Crippen LogP contribution in [0.1, 0.15) is 27.8 Å². The Morgan fingerprint density at radius 2 is 0.883 bits per heavy atom. The normalized spacial score (nSPS) is 10.9. The third-order valence-corrected chi connectivity index (χ3v) is 11.2. The molecule has 0 amide bonds. The minimum absolute atomic E-state index is 0.415. The van der Waals surface area contributed by atoms with E-state index in [0.29, 0.717) is 39.2 Å². The van der Waals surface area contributed by atoms with Crippen LogP contribution in [0.3, 0.4) is 0 Å². The fourth-order valence-corrected chi connectivity index (χ4v) is 8.50. The molecule has 3 heterocycles. The van der Waals surface area contributed by atoms with Crippen molar-refractivity contribution in [2.45, 2.75) is 0 Å². The van der Waals surface area contributed by atoms with E-state index in [9.17, 15) is 26.3 Å². The van der Waals surface area contributed by atoms with Crippen LogP contribution in [0.2, 0.25) is 0 Å². The Labute approximate surface area is 343 Å². The van der Waals surface area contributed by atoms with Gasteiger partial charge in [-0.2, -0.15) is 26.3 Å². The number of hydrogen-bond donors (Lipinski definition) is 0. The van der Waals surface area contributed by atoms with Crippen molar-refractivity contribution in [3.8, 4) is 75.1 Å². The zero-order valence-electron chi connectivity index (χ0n) is 31.6. The summed E-state index contributed by atoms with van der Waals surface area (Å²) in [5, 5.41) is 54.2. The number of aromatic nitrogens is 3. The second-order valence-electron chi connectivity index (χ2n) is 14.4. The number of para-hydroxylation sites is 2. The largest absolute Gasteiger partial charge is 0.308 e. The van der Waals surface area contributed by atoms with Gasteiger partial charge in [0.05, 0.1) is 80.0 Å². The molecule has 8 nitrogen and oxygen atoms in total. The van der Waals surface area contributed by atoms with Gasteiger partial charge in [0.25, 0.3) is 0 Å². The van der Waals surface area contributed by atoms with E-state index < -0.39 is 0 Å². The maximum absolute atomic E-state index is 11.3. The number of hydrogen-bond acceptors (Lipinski definition) is 6. The first kappa shape index (κ1) is 35.2. The van der Waals surface area contributed by atoms with Crippen LogP contribution in [-0.4, -0.2) is 14.1 Å². The molecule has 0 bridgehead atoms. The Morgan fingerprint density at radius 3 is 1.33 bits per heavy atom. The average molecular weight is 763 g/mol. The molecule has 3 aromatic heterocycles. The molecule has 0 saturated heterocycles. The van der Waals surface area contributed by atoms with Gasteiger partial charge < -0.3 is 9.13 Å². The van der Waals surface area contributed by atoms with Crippen molar-refractivity contribution < 1.29 is 0 Å². The molecule has 0 saturated carbocycles. The lowest BCUT2D eigenvalue weighted by Crippen LogP contribution is -2.05. The Kier molecular flexibility index (Phi) is 8.23. The third-order valence-electron chi connectivity index (χ3n) is 11.2. The molecular weight excluding hydrogens is 737 g/mol. The molecule has 0 radical (unpaired) electrons. The van der Waals surface area contributed by atoms with Gasteiger partial charge in [0.2, 0.25) is 0 Å². The first-order valence-corrected chi connectivity index (χ1v) is 19.0. The van der Waals surface area contributed by atoms with Gasteiger partial charge in [0, 0.05) is 39.5 Å².